The average molecular weight is 576 g/mol. The Hall–Kier alpha value is -4.35. The molecule has 1 saturated carbocycles. The van der Waals surface area contributed by atoms with E-state index in [1.807, 2.05) is 12.1 Å². The van der Waals surface area contributed by atoms with Crippen molar-refractivity contribution in [2.24, 2.45) is 5.92 Å². The van der Waals surface area contributed by atoms with Crippen LogP contribution in [0.2, 0.25) is 10.2 Å². The number of hydrogen-bond acceptors (Lipinski definition) is 7. The molecule has 1 amide bonds. The number of aromatic nitrogens is 8. The fourth-order valence-corrected chi connectivity index (χ4v) is 5.16. The maximum Gasteiger partial charge on any atom is 0.222 e. The highest BCUT2D eigenvalue weighted by molar-refractivity contribution is 6.32. The van der Waals surface area contributed by atoms with Crippen molar-refractivity contribution in [2.75, 3.05) is 5.32 Å². The van der Waals surface area contributed by atoms with Crippen LogP contribution in [-0.4, -0.2) is 41.1 Å². The Morgan fingerprint density at radius 1 is 1.20 bits per heavy atom. The first-order valence-corrected chi connectivity index (χ1v) is 13.4. The van der Waals surface area contributed by atoms with Gasteiger partial charge in [0.25, 0.3) is 0 Å². The number of halogens is 2. The van der Waals surface area contributed by atoms with E-state index in [-0.39, 0.29) is 17.0 Å². The molecule has 0 radical (unpaired) electrons. The molecule has 4 aromatic heterocycles. The largest absolute Gasteiger partial charge is 0.618 e. The predicted molar refractivity (Wildman–Crippen MR) is 149 cm³/mol. The van der Waals surface area contributed by atoms with E-state index in [2.05, 4.69) is 35.8 Å². The Morgan fingerprint density at radius 2 is 2.05 bits per heavy atom. The highest BCUT2D eigenvalue weighted by Crippen LogP contribution is 2.41. The van der Waals surface area contributed by atoms with E-state index in [0.717, 1.165) is 29.6 Å². The minimum Gasteiger partial charge on any atom is -0.618 e. The number of H-pyrrole nitrogens is 1. The van der Waals surface area contributed by atoms with Crippen LogP contribution in [0.4, 0.5) is 5.82 Å². The highest BCUT2D eigenvalue weighted by atomic mass is 35.5. The molecule has 0 spiro atoms. The summed E-state index contributed by atoms with van der Waals surface area (Å²) in [5.41, 5.74) is 3.98. The minimum atomic E-state index is -0.253. The molecular weight excluding hydrogens is 553 g/mol. The first kappa shape index (κ1) is 25.9. The van der Waals surface area contributed by atoms with E-state index < -0.39 is 0 Å². The number of nitrogens with zero attached hydrogens (tertiary/aromatic N) is 7. The van der Waals surface area contributed by atoms with Crippen LogP contribution in [0.5, 0.6) is 0 Å². The van der Waals surface area contributed by atoms with Gasteiger partial charge in [-0.2, -0.15) is 9.41 Å². The second-order valence-corrected chi connectivity index (χ2v) is 10.5. The first-order valence-electron chi connectivity index (χ1n) is 12.6. The Morgan fingerprint density at radius 3 is 2.75 bits per heavy atom. The zero-order valence-corrected chi connectivity index (χ0v) is 22.8. The van der Waals surface area contributed by atoms with Crippen molar-refractivity contribution in [3.8, 4) is 28.1 Å². The number of carbonyl (C=O) groups is 1. The summed E-state index contributed by atoms with van der Waals surface area (Å²) in [5, 5.41) is 28.3. The molecule has 40 heavy (non-hydrogen) atoms. The molecule has 0 bridgehead atoms. The van der Waals surface area contributed by atoms with Gasteiger partial charge in [-0.1, -0.05) is 36.0 Å². The Labute approximate surface area is 238 Å². The smallest absolute Gasteiger partial charge is 0.222 e. The van der Waals surface area contributed by atoms with Crippen molar-refractivity contribution in [2.45, 2.75) is 32.1 Å². The fourth-order valence-electron chi connectivity index (χ4n) is 4.73. The summed E-state index contributed by atoms with van der Waals surface area (Å²) in [6.45, 7) is 1.40. The summed E-state index contributed by atoms with van der Waals surface area (Å²) in [6.07, 6.45) is 7.75. The number of aromatic amines is 1. The van der Waals surface area contributed by atoms with Crippen LogP contribution in [-0.2, 0) is 4.79 Å². The van der Waals surface area contributed by atoms with Gasteiger partial charge in [0.1, 0.15) is 29.0 Å². The molecule has 6 rings (SSSR count). The van der Waals surface area contributed by atoms with Gasteiger partial charge < -0.3 is 15.5 Å². The van der Waals surface area contributed by atoms with Crippen molar-refractivity contribution in [1.82, 2.24) is 35.2 Å². The summed E-state index contributed by atoms with van der Waals surface area (Å²) in [6, 6.07) is 12.5. The maximum atomic E-state index is 13.5. The van der Waals surface area contributed by atoms with Crippen molar-refractivity contribution < 1.29 is 9.52 Å². The van der Waals surface area contributed by atoms with Crippen LogP contribution in [0.25, 0.3) is 28.1 Å². The molecule has 1 atom stereocenters. The van der Waals surface area contributed by atoms with E-state index in [0.29, 0.717) is 50.8 Å². The molecule has 2 N–H and O–H groups in total. The zero-order chi connectivity index (χ0) is 27.8. The van der Waals surface area contributed by atoms with Crippen LogP contribution in [0, 0.1) is 11.1 Å². The molecule has 4 heterocycles. The summed E-state index contributed by atoms with van der Waals surface area (Å²) in [7, 11) is 0. The van der Waals surface area contributed by atoms with Gasteiger partial charge in [0.2, 0.25) is 11.6 Å². The third-order valence-corrected chi connectivity index (χ3v) is 7.32. The zero-order valence-electron chi connectivity index (χ0n) is 21.3. The van der Waals surface area contributed by atoms with Crippen LogP contribution < -0.4 is 10.0 Å². The van der Waals surface area contributed by atoms with Gasteiger partial charge in [-0.25, -0.2) is 9.97 Å². The number of benzene rings is 1. The third-order valence-electron chi connectivity index (χ3n) is 6.80. The minimum absolute atomic E-state index is 0.225. The van der Waals surface area contributed by atoms with Gasteiger partial charge in [-0.3, -0.25) is 4.79 Å². The summed E-state index contributed by atoms with van der Waals surface area (Å²) < 4.78 is 2.42. The lowest BCUT2D eigenvalue weighted by molar-refractivity contribution is -0.614. The number of carbonyl (C=O) groups excluding carboxylic acids is 1. The normalized spacial score (nSPS) is 13.8. The first-order chi connectivity index (χ1) is 19.4. The van der Waals surface area contributed by atoms with Gasteiger partial charge in [0, 0.05) is 34.7 Å². The lowest BCUT2D eigenvalue weighted by Crippen LogP contribution is -2.34. The summed E-state index contributed by atoms with van der Waals surface area (Å²) >= 11 is 12.7. The van der Waals surface area contributed by atoms with E-state index in [9.17, 15) is 10.0 Å². The number of nitrogens with one attached hydrogen (secondary N) is 2. The molecule has 11 nitrogen and oxygen atoms in total. The number of rotatable bonds is 8. The maximum absolute atomic E-state index is 13.5. The van der Waals surface area contributed by atoms with Crippen LogP contribution in [0.3, 0.4) is 0 Å². The molecule has 13 heteroatoms. The quantitative estimate of drug-likeness (QED) is 0.151. The lowest BCUT2D eigenvalue weighted by atomic mass is 9.95. The molecular formula is C27H23Cl2N9O2. The summed E-state index contributed by atoms with van der Waals surface area (Å²) in [4.78, 5) is 23.6. The molecule has 1 unspecified atom stereocenters. The van der Waals surface area contributed by atoms with Crippen LogP contribution in [0.1, 0.15) is 43.6 Å². The topological polar surface area (TPSA) is 141 Å². The Kier molecular flexibility index (Phi) is 6.91. The number of anilines is 1. The second kappa shape index (κ2) is 10.7. The number of amides is 1. The predicted octanol–water partition coefficient (Wildman–Crippen LogP) is 4.95. The van der Waals surface area contributed by atoms with Crippen molar-refractivity contribution in [3.05, 3.63) is 88.1 Å². The number of pyridine rings is 2. The molecule has 1 aliphatic rings. The highest BCUT2D eigenvalue weighted by Gasteiger charge is 2.33. The third kappa shape index (κ3) is 5.38. The lowest BCUT2D eigenvalue weighted by Gasteiger charge is -2.16. The van der Waals surface area contributed by atoms with Crippen molar-refractivity contribution in [1.29, 1.82) is 0 Å². The van der Waals surface area contributed by atoms with Gasteiger partial charge >= 0.3 is 0 Å². The number of hydrogen-bond donors (Lipinski definition) is 2. The molecule has 202 valence electrons. The second-order valence-electron chi connectivity index (χ2n) is 9.71. The van der Waals surface area contributed by atoms with E-state index in [1.54, 1.807) is 42.7 Å². The fraction of sp³-hybridized carbons (Fsp3) is 0.222. The summed E-state index contributed by atoms with van der Waals surface area (Å²) in [5.74, 6) is 1.07. The molecule has 0 saturated heterocycles. The van der Waals surface area contributed by atoms with E-state index in [4.69, 9.17) is 23.2 Å². The van der Waals surface area contributed by atoms with E-state index in [1.165, 1.54) is 17.9 Å². The van der Waals surface area contributed by atoms with Gasteiger partial charge in [0.05, 0.1) is 17.6 Å². The average Bonchev–Trinajstić information content (AvgIpc) is 3.35. The van der Waals surface area contributed by atoms with Crippen molar-refractivity contribution >= 4 is 34.9 Å². The monoisotopic (exact) mass is 575 g/mol. The van der Waals surface area contributed by atoms with Gasteiger partial charge in [-0.15, -0.1) is 5.10 Å². The van der Waals surface area contributed by atoms with Crippen LogP contribution >= 0.6 is 23.2 Å². The standard InChI is InChI=1S/C27H23Cl2N9O2/c1-15(39)32-25-9-6-19(26(29)34-25)22-12-30-27(33-22)21(10-16-2-3-16)24-7-4-17(13-38(24)40)20-11-18(28)5-8-23(20)37-14-31-35-36-37/h4-9,11-14,16,21H,2-3,10H2,1H3,(H,30,33)(H,32,34,39). The SMILES string of the molecule is CC(=O)Nc1ccc(-c2cnc(C(CC3CC3)c3ccc(-c4cc(Cl)ccc4-n4cnnn4)c[n+]3[O-])[nH]2)c(Cl)n1. The van der Waals surface area contributed by atoms with E-state index >= 15 is 0 Å². The number of imidazole rings is 1. The van der Waals surface area contributed by atoms with Gasteiger partial charge in [0.15, 0.2) is 6.20 Å². The Balaban J connectivity index is 1.34. The number of tetrazole rings is 1. The van der Waals surface area contributed by atoms with Crippen LogP contribution in [0.15, 0.2) is 61.2 Å². The molecule has 0 aliphatic heterocycles. The molecule has 1 fully saturated rings. The van der Waals surface area contributed by atoms with Gasteiger partial charge in [-0.05, 0) is 59.2 Å². The molecule has 5 aromatic rings. The molecule has 1 aromatic carbocycles. The van der Waals surface area contributed by atoms with Crippen molar-refractivity contribution in [3.63, 3.8) is 0 Å². The molecule has 1 aliphatic carbocycles. The Bertz CT molecular complexity index is 1700.